The summed E-state index contributed by atoms with van der Waals surface area (Å²) in [4.78, 5) is 23.4. The molecule has 0 bridgehead atoms. The highest BCUT2D eigenvalue weighted by atomic mass is 16.4. The highest BCUT2D eigenvalue weighted by molar-refractivity contribution is 5.83. The van der Waals surface area contributed by atoms with E-state index in [0.717, 1.165) is 22.0 Å². The lowest BCUT2D eigenvalue weighted by atomic mass is 10.0. The van der Waals surface area contributed by atoms with Gasteiger partial charge in [-0.3, -0.25) is 14.7 Å². The normalized spacial score (nSPS) is 12.0. The highest BCUT2D eigenvalue weighted by Gasteiger charge is 2.15. The zero-order valence-electron chi connectivity index (χ0n) is 14.3. The fourth-order valence-electron chi connectivity index (χ4n) is 2.98. The summed E-state index contributed by atoms with van der Waals surface area (Å²) in [5.41, 5.74) is 2.85. The van der Waals surface area contributed by atoms with E-state index < -0.39 is 5.97 Å². The number of amides is 1. The molecule has 6 heteroatoms. The number of carbonyl (C=O) groups is 2. The quantitative estimate of drug-likeness (QED) is 0.581. The van der Waals surface area contributed by atoms with E-state index in [4.69, 9.17) is 5.11 Å². The van der Waals surface area contributed by atoms with Crippen molar-refractivity contribution in [2.24, 2.45) is 0 Å². The van der Waals surface area contributed by atoms with Crippen LogP contribution in [0, 0.1) is 0 Å². The Bertz CT molecular complexity index is 889. The molecule has 0 fully saturated rings. The van der Waals surface area contributed by atoms with Gasteiger partial charge >= 0.3 is 5.97 Å². The van der Waals surface area contributed by atoms with Crippen molar-refractivity contribution in [2.75, 3.05) is 0 Å². The van der Waals surface area contributed by atoms with Gasteiger partial charge in [-0.05, 0) is 30.0 Å². The molecular weight excluding hydrogens is 330 g/mol. The summed E-state index contributed by atoms with van der Waals surface area (Å²) in [5.74, 6) is -0.975. The van der Waals surface area contributed by atoms with Gasteiger partial charge < -0.3 is 10.4 Å². The number of aromatic nitrogens is 2. The molecule has 0 saturated heterocycles. The third kappa shape index (κ3) is 4.92. The summed E-state index contributed by atoms with van der Waals surface area (Å²) >= 11 is 0. The van der Waals surface area contributed by atoms with Gasteiger partial charge in [0.05, 0.1) is 18.1 Å². The Hall–Kier alpha value is -3.15. The third-order valence-electron chi connectivity index (χ3n) is 4.27. The number of carboxylic acids is 1. The number of aromatic amines is 1. The maximum absolute atomic E-state index is 12.4. The Morgan fingerprint density at radius 3 is 2.69 bits per heavy atom. The number of carboxylic acid groups (broad SMARTS) is 1. The lowest BCUT2D eigenvalue weighted by Crippen LogP contribution is -2.37. The van der Waals surface area contributed by atoms with Gasteiger partial charge in [0, 0.05) is 17.8 Å². The first-order valence-electron chi connectivity index (χ1n) is 8.57. The van der Waals surface area contributed by atoms with Crippen molar-refractivity contribution in [2.45, 2.75) is 31.7 Å². The van der Waals surface area contributed by atoms with Crippen LogP contribution in [-0.4, -0.2) is 33.2 Å². The van der Waals surface area contributed by atoms with Crippen molar-refractivity contribution in [1.29, 1.82) is 0 Å². The molecule has 0 saturated carbocycles. The molecule has 0 aliphatic heterocycles. The van der Waals surface area contributed by atoms with Crippen molar-refractivity contribution in [3.05, 3.63) is 65.9 Å². The summed E-state index contributed by atoms with van der Waals surface area (Å²) in [6.45, 7) is 0. The van der Waals surface area contributed by atoms with Crippen LogP contribution in [0.3, 0.4) is 0 Å². The predicted octanol–water partition coefficient (Wildman–Crippen LogP) is 2.70. The van der Waals surface area contributed by atoms with Gasteiger partial charge in [0.2, 0.25) is 5.91 Å². The van der Waals surface area contributed by atoms with Crippen LogP contribution in [0.1, 0.15) is 24.0 Å². The molecule has 1 amide bonds. The van der Waals surface area contributed by atoms with Crippen molar-refractivity contribution in [1.82, 2.24) is 15.5 Å². The van der Waals surface area contributed by atoms with Crippen LogP contribution in [-0.2, 0) is 22.4 Å². The number of benzene rings is 2. The van der Waals surface area contributed by atoms with Crippen LogP contribution in [0.25, 0.3) is 10.9 Å². The number of rotatable bonds is 8. The fourth-order valence-corrected chi connectivity index (χ4v) is 2.98. The fraction of sp³-hybridized carbons (Fsp3) is 0.250. The lowest BCUT2D eigenvalue weighted by Gasteiger charge is -2.18. The van der Waals surface area contributed by atoms with Gasteiger partial charge in [0.1, 0.15) is 0 Å². The Morgan fingerprint density at radius 2 is 1.92 bits per heavy atom. The number of hydrogen-bond donors (Lipinski definition) is 3. The Labute approximate surface area is 151 Å². The molecule has 3 aromatic rings. The van der Waals surface area contributed by atoms with Gasteiger partial charge in [-0.2, -0.15) is 5.10 Å². The minimum atomic E-state index is -0.859. The predicted molar refractivity (Wildman–Crippen MR) is 98.7 cm³/mol. The molecule has 1 unspecified atom stereocenters. The van der Waals surface area contributed by atoms with Crippen LogP contribution >= 0.6 is 0 Å². The van der Waals surface area contributed by atoms with E-state index in [-0.39, 0.29) is 24.8 Å². The molecule has 0 aliphatic carbocycles. The van der Waals surface area contributed by atoms with Crippen LogP contribution < -0.4 is 5.32 Å². The molecule has 3 N–H and O–H groups in total. The molecule has 2 aromatic carbocycles. The first kappa shape index (κ1) is 17.7. The Kier molecular flexibility index (Phi) is 5.63. The molecule has 1 atom stereocenters. The average Bonchev–Trinajstić information content (AvgIpc) is 3.08. The molecule has 1 heterocycles. The maximum Gasteiger partial charge on any atom is 0.303 e. The largest absolute Gasteiger partial charge is 0.481 e. The number of nitrogens with one attached hydrogen (secondary N) is 2. The standard InChI is InChI=1S/C20H21N3O3/c24-19(12-15-6-7-16-13-21-23-18(16)11-15)22-17(8-9-20(25)26)10-14-4-2-1-3-5-14/h1-7,11,13,17H,8-10,12H2,(H,21,23)(H,22,24)(H,25,26). The molecule has 3 rings (SSSR count). The number of hydrogen-bond acceptors (Lipinski definition) is 3. The van der Waals surface area contributed by atoms with E-state index in [9.17, 15) is 9.59 Å². The second-order valence-electron chi connectivity index (χ2n) is 6.35. The molecule has 0 aliphatic rings. The molecule has 134 valence electrons. The van der Waals surface area contributed by atoms with E-state index in [1.165, 1.54) is 0 Å². The van der Waals surface area contributed by atoms with Gasteiger partial charge in [-0.1, -0.05) is 42.5 Å². The SMILES string of the molecule is O=C(O)CCC(Cc1ccccc1)NC(=O)Cc1ccc2cn[nH]c2c1. The van der Waals surface area contributed by atoms with Crippen molar-refractivity contribution in [3.63, 3.8) is 0 Å². The maximum atomic E-state index is 12.4. The monoisotopic (exact) mass is 351 g/mol. The molecule has 26 heavy (non-hydrogen) atoms. The lowest BCUT2D eigenvalue weighted by molar-refractivity contribution is -0.137. The number of carbonyl (C=O) groups excluding carboxylic acids is 1. The molecule has 1 aromatic heterocycles. The minimum absolute atomic E-state index is 0.0257. The van der Waals surface area contributed by atoms with E-state index in [1.54, 1.807) is 6.20 Å². The highest BCUT2D eigenvalue weighted by Crippen LogP contribution is 2.14. The van der Waals surface area contributed by atoms with Crippen LogP contribution in [0.4, 0.5) is 0 Å². The van der Waals surface area contributed by atoms with Gasteiger partial charge in [0.15, 0.2) is 0 Å². The van der Waals surface area contributed by atoms with Crippen molar-refractivity contribution in [3.8, 4) is 0 Å². The Morgan fingerprint density at radius 1 is 1.12 bits per heavy atom. The van der Waals surface area contributed by atoms with E-state index in [2.05, 4.69) is 15.5 Å². The first-order valence-corrected chi connectivity index (χ1v) is 8.57. The summed E-state index contributed by atoms with van der Waals surface area (Å²) < 4.78 is 0. The molecule has 6 nitrogen and oxygen atoms in total. The Balaban J connectivity index is 1.64. The number of aliphatic carboxylic acids is 1. The zero-order chi connectivity index (χ0) is 18.4. The smallest absolute Gasteiger partial charge is 0.303 e. The zero-order valence-corrected chi connectivity index (χ0v) is 14.3. The van der Waals surface area contributed by atoms with Gasteiger partial charge in [-0.25, -0.2) is 0 Å². The summed E-state index contributed by atoms with van der Waals surface area (Å²) in [6.07, 6.45) is 3.02. The number of fused-ring (bicyclic) bond motifs is 1. The summed E-state index contributed by atoms with van der Waals surface area (Å²) in [7, 11) is 0. The van der Waals surface area contributed by atoms with E-state index in [1.807, 2.05) is 48.5 Å². The topological polar surface area (TPSA) is 95.1 Å². The van der Waals surface area contributed by atoms with Crippen LogP contribution in [0.15, 0.2) is 54.7 Å². The minimum Gasteiger partial charge on any atom is -0.481 e. The second-order valence-corrected chi connectivity index (χ2v) is 6.35. The van der Waals surface area contributed by atoms with E-state index in [0.29, 0.717) is 12.8 Å². The van der Waals surface area contributed by atoms with Crippen molar-refractivity contribution >= 4 is 22.8 Å². The average molecular weight is 351 g/mol. The molecule has 0 spiro atoms. The number of nitrogens with zero attached hydrogens (tertiary/aromatic N) is 1. The third-order valence-corrected chi connectivity index (χ3v) is 4.27. The molecular formula is C20H21N3O3. The van der Waals surface area contributed by atoms with E-state index >= 15 is 0 Å². The summed E-state index contributed by atoms with van der Waals surface area (Å²) in [6, 6.07) is 15.3. The van der Waals surface area contributed by atoms with Crippen molar-refractivity contribution < 1.29 is 14.7 Å². The van der Waals surface area contributed by atoms with Crippen LogP contribution in [0.5, 0.6) is 0 Å². The molecule has 0 radical (unpaired) electrons. The van der Waals surface area contributed by atoms with Crippen LogP contribution in [0.2, 0.25) is 0 Å². The van der Waals surface area contributed by atoms with Gasteiger partial charge in [0.25, 0.3) is 0 Å². The second kappa shape index (κ2) is 8.29. The summed E-state index contributed by atoms with van der Waals surface area (Å²) in [5, 5.41) is 19.8. The van der Waals surface area contributed by atoms with Gasteiger partial charge in [-0.15, -0.1) is 0 Å². The first-order chi connectivity index (χ1) is 12.6. The number of H-pyrrole nitrogens is 1.